The van der Waals surface area contributed by atoms with Crippen molar-refractivity contribution in [2.75, 3.05) is 26.4 Å². The van der Waals surface area contributed by atoms with Gasteiger partial charge in [-0.25, -0.2) is 39.9 Å². The first-order valence-electron chi connectivity index (χ1n) is 48.2. The van der Waals surface area contributed by atoms with E-state index < -0.39 is 32.3 Å². The zero-order valence-electron chi connectivity index (χ0n) is 80.6. The van der Waals surface area contributed by atoms with E-state index in [1.165, 1.54) is 134 Å². The Labute approximate surface area is 789 Å². The minimum Gasteiger partial charge on any atom is -0.361 e. The first kappa shape index (κ1) is 101. The Morgan fingerprint density at radius 3 is 0.865 bits per heavy atom. The standard InChI is InChI=1S/3C23H32N6OSi.C15H21N5OSi.2C8H11N/c3*1-31(2,3)13-12-30-17-28-11-9-20-22(25-16-26-23(20)28)19-14-27-29(15-19)21(8-10-24)18-6-4-5-7-18;1-22(2,3)7-6-21-11-20-5-4-13-14(12-8-18-19-9-12)16-10-17-15(13)20;2*9-7-3-6-8-4-1-2-5-8/h3*9,11,14-16,18,21H,4-8,12-13,17H2,1-3H3;4-5,8-10H,6-7,11H2,1-3H3,(H,18,19);2*3,6,8H,1-2,4-5H2/b;;;;2*6-3+/t21-;;;;;/m0...../s1. The number of nitriles is 5. The van der Waals surface area contributed by atoms with Crippen molar-refractivity contribution in [2.24, 2.45) is 29.6 Å². The molecule has 5 saturated carbocycles. The van der Waals surface area contributed by atoms with Crippen molar-refractivity contribution in [3.63, 3.8) is 0 Å². The van der Waals surface area contributed by atoms with Crippen molar-refractivity contribution in [3.8, 4) is 75.4 Å². The number of ether oxygens (including phenoxy) is 4. The van der Waals surface area contributed by atoms with Crippen molar-refractivity contribution < 1.29 is 18.9 Å². The fourth-order valence-electron chi connectivity index (χ4n) is 18.2. The van der Waals surface area contributed by atoms with Gasteiger partial charge in [0.2, 0.25) is 0 Å². The first-order valence-corrected chi connectivity index (χ1v) is 63.0. The molecule has 12 heterocycles. The van der Waals surface area contributed by atoms with Crippen LogP contribution in [0, 0.1) is 86.2 Å². The summed E-state index contributed by atoms with van der Waals surface area (Å²) in [7, 11) is -4.34. The lowest BCUT2D eigenvalue weighted by molar-refractivity contribution is 0.0898. The highest BCUT2D eigenvalue weighted by Crippen LogP contribution is 2.41. The molecule has 0 saturated heterocycles. The maximum absolute atomic E-state index is 9.34. The zero-order chi connectivity index (χ0) is 94.2. The van der Waals surface area contributed by atoms with Crippen LogP contribution in [-0.2, 0) is 45.9 Å². The van der Waals surface area contributed by atoms with E-state index in [-0.39, 0.29) is 18.1 Å². The van der Waals surface area contributed by atoms with E-state index in [0.29, 0.717) is 75.8 Å². The molecule has 3 atom stereocenters. The zero-order valence-corrected chi connectivity index (χ0v) is 84.6. The van der Waals surface area contributed by atoms with Crippen molar-refractivity contribution >= 4 is 76.4 Å². The quantitative estimate of drug-likeness (QED) is 0.0219. The molecule has 704 valence electrons. The maximum atomic E-state index is 9.34. The second-order valence-electron chi connectivity index (χ2n) is 41.0. The summed E-state index contributed by atoms with van der Waals surface area (Å²) in [6, 6.07) is 24.3. The van der Waals surface area contributed by atoms with Gasteiger partial charge < -0.3 is 37.2 Å². The van der Waals surface area contributed by atoms with Crippen LogP contribution in [0.2, 0.25) is 103 Å². The molecule has 12 aromatic heterocycles. The van der Waals surface area contributed by atoms with Crippen LogP contribution < -0.4 is 0 Å². The normalized spacial score (nSPS) is 16.1. The number of fused-ring (bicyclic) bond motifs is 4. The number of nitrogens with zero attached hydrogens (tertiary/aromatic N) is 24. The Morgan fingerprint density at radius 1 is 0.361 bits per heavy atom. The molecular weight excluding hydrogens is 1730 g/mol. The van der Waals surface area contributed by atoms with Gasteiger partial charge >= 0.3 is 0 Å². The van der Waals surface area contributed by atoms with Gasteiger partial charge in [0.15, 0.2) is 0 Å². The molecule has 5 aliphatic carbocycles. The van der Waals surface area contributed by atoms with Crippen molar-refractivity contribution in [1.82, 2.24) is 97.7 Å². The molecule has 33 heteroatoms. The second-order valence-corrected chi connectivity index (χ2v) is 63.5. The number of hydrogen-bond donors (Lipinski definition) is 1. The topological polar surface area (TPSA) is 361 Å². The lowest BCUT2D eigenvalue weighted by Crippen LogP contribution is -2.22. The molecule has 1 N–H and O–H groups in total. The molecule has 0 amide bonds. The van der Waals surface area contributed by atoms with E-state index in [4.69, 9.17) is 29.5 Å². The monoisotopic (exact) mass is 1870 g/mol. The molecule has 5 aliphatic rings. The Bertz CT molecular complexity index is 5420. The van der Waals surface area contributed by atoms with Crippen LogP contribution in [-0.4, -0.2) is 156 Å². The predicted octanol–water partition coefficient (Wildman–Crippen LogP) is 23.4. The Morgan fingerprint density at radius 2 is 0.624 bits per heavy atom. The fraction of sp³-hybridized carbons (Fsp3) is 0.550. The molecule has 0 aromatic carbocycles. The number of allylic oxidation sites excluding steroid dienone is 4. The molecule has 29 nitrogen and oxygen atoms in total. The Kier molecular flexibility index (Phi) is 37.8. The minimum atomic E-state index is -1.10. The Hall–Kier alpha value is -11.0. The van der Waals surface area contributed by atoms with E-state index in [1.807, 2.05) is 149 Å². The van der Waals surface area contributed by atoms with Crippen LogP contribution in [0.5, 0.6) is 0 Å². The highest BCUT2D eigenvalue weighted by Gasteiger charge is 2.32. The molecule has 17 rings (SSSR count). The third kappa shape index (κ3) is 30.0. The smallest absolute Gasteiger partial charge is 0.145 e. The molecular formula is C100H139N25O4Si4. The van der Waals surface area contributed by atoms with E-state index in [0.717, 1.165) is 134 Å². The van der Waals surface area contributed by atoms with Gasteiger partial charge in [-0.3, -0.25) is 19.1 Å². The molecule has 0 aliphatic heterocycles. The molecule has 0 spiro atoms. The van der Waals surface area contributed by atoms with Gasteiger partial charge in [-0.15, -0.1) is 0 Å². The van der Waals surface area contributed by atoms with Gasteiger partial charge in [0.05, 0.1) is 115 Å². The van der Waals surface area contributed by atoms with Crippen molar-refractivity contribution in [3.05, 3.63) is 148 Å². The highest BCUT2D eigenvalue weighted by molar-refractivity contribution is 6.77. The SMILES string of the molecule is C[Si](C)(C)CCOCn1ccc2c(-c3cn[nH]c3)ncnc21.C[Si](C)(C)CCOCn1ccc2c(-c3cnn(C(CC#N)C4CCCC4)c3)ncnc21.C[Si](C)(C)CCOCn1ccc2c(-c3cnn(C(CC#N)C4CCCC4)c3)ncnc21.C[Si](C)(C)CCOCn1ccc2c(-c3cnn([C@@H](CC#N)C4CCCC4)c3)ncnc21.N#C/C=C/C1CCCC1.N#C/C=C/C1CCCC1. The van der Waals surface area contributed by atoms with Gasteiger partial charge in [-0.05, 0) is 142 Å². The molecule has 5 fully saturated rings. The van der Waals surface area contributed by atoms with Crippen LogP contribution in [0.3, 0.4) is 0 Å². The summed E-state index contributed by atoms with van der Waals surface area (Å²) >= 11 is 0. The molecule has 0 bridgehead atoms. The minimum absolute atomic E-state index is 0.142. The Balaban J connectivity index is 0.000000151. The predicted molar refractivity (Wildman–Crippen MR) is 535 cm³/mol. The average molecular weight is 1870 g/mol. The molecule has 2 unspecified atom stereocenters. The summed E-state index contributed by atoms with van der Waals surface area (Å²) < 4.78 is 37.6. The third-order valence-electron chi connectivity index (χ3n) is 26.0. The number of aromatic nitrogens is 20. The first-order chi connectivity index (χ1) is 64.3. The molecule has 133 heavy (non-hydrogen) atoms. The lowest BCUT2D eigenvalue weighted by Gasteiger charge is -2.21. The van der Waals surface area contributed by atoms with Crippen LogP contribution in [0.1, 0.15) is 166 Å². The summed E-state index contributed by atoms with van der Waals surface area (Å²) in [5, 5.41) is 69.1. The van der Waals surface area contributed by atoms with Crippen LogP contribution >= 0.6 is 0 Å². The summed E-state index contributed by atoms with van der Waals surface area (Å²) in [6.07, 6.45) is 63.7. The van der Waals surface area contributed by atoms with E-state index in [9.17, 15) is 15.8 Å². The van der Waals surface area contributed by atoms with Gasteiger partial charge in [0.1, 0.15) is 74.8 Å². The van der Waals surface area contributed by atoms with E-state index >= 15 is 0 Å². The number of H-pyrrole nitrogens is 1. The maximum Gasteiger partial charge on any atom is 0.145 e. The van der Waals surface area contributed by atoms with Crippen LogP contribution in [0.15, 0.2) is 148 Å². The van der Waals surface area contributed by atoms with Gasteiger partial charge in [0.25, 0.3) is 0 Å². The molecule has 0 radical (unpaired) electrons. The fourth-order valence-corrected chi connectivity index (χ4v) is 21.2. The van der Waals surface area contributed by atoms with Gasteiger partial charge in [0, 0.05) is 164 Å². The van der Waals surface area contributed by atoms with E-state index in [2.05, 4.69) is 162 Å². The number of hydrogen-bond acceptors (Lipinski definition) is 21. The summed E-state index contributed by atoms with van der Waals surface area (Å²) in [5.74, 6) is 3.03. The highest BCUT2D eigenvalue weighted by atomic mass is 28.3. The summed E-state index contributed by atoms with van der Waals surface area (Å²) in [6.45, 7) is 33.4. The number of aromatic amines is 1. The van der Waals surface area contributed by atoms with Crippen molar-refractivity contribution in [2.45, 2.75) is 295 Å². The van der Waals surface area contributed by atoms with E-state index in [1.54, 1.807) is 43.7 Å². The van der Waals surface area contributed by atoms with Gasteiger partial charge in [-0.2, -0.15) is 46.7 Å². The number of rotatable bonds is 35. The summed E-state index contributed by atoms with van der Waals surface area (Å²) in [4.78, 5) is 35.9. The van der Waals surface area contributed by atoms with Crippen molar-refractivity contribution in [1.29, 1.82) is 26.3 Å². The van der Waals surface area contributed by atoms with Crippen LogP contribution in [0.4, 0.5) is 0 Å². The third-order valence-corrected chi connectivity index (χ3v) is 32.8. The average Bonchev–Trinajstić information content (AvgIpc) is 1.65. The van der Waals surface area contributed by atoms with Gasteiger partial charge in [-0.1, -0.05) is 155 Å². The lowest BCUT2D eigenvalue weighted by atomic mass is 9.96. The largest absolute Gasteiger partial charge is 0.361 e. The summed E-state index contributed by atoms with van der Waals surface area (Å²) in [5.41, 5.74) is 10.9. The second kappa shape index (κ2) is 49.8. The number of nitrogens with one attached hydrogen (secondary N) is 1. The van der Waals surface area contributed by atoms with Crippen LogP contribution in [0.25, 0.3) is 89.2 Å². The molecule has 12 aromatic rings.